The van der Waals surface area contributed by atoms with E-state index in [0.29, 0.717) is 6.04 Å². The second-order valence-corrected chi connectivity index (χ2v) is 6.39. The Labute approximate surface area is 132 Å². The molecule has 20 heavy (non-hydrogen) atoms. The number of benzene rings is 2. The molecule has 0 aliphatic heterocycles. The fourth-order valence-electron chi connectivity index (χ4n) is 2.69. The van der Waals surface area contributed by atoms with Crippen molar-refractivity contribution < 1.29 is 4.74 Å². The first-order valence-corrected chi connectivity index (χ1v) is 7.69. The van der Waals surface area contributed by atoms with Crippen molar-refractivity contribution in [3.8, 4) is 5.75 Å². The molecule has 0 spiro atoms. The van der Waals surface area contributed by atoms with Gasteiger partial charge in [0.2, 0.25) is 0 Å². The third kappa shape index (κ3) is 2.94. The van der Waals surface area contributed by atoms with Crippen molar-refractivity contribution in [3.05, 3.63) is 57.0 Å². The Morgan fingerprint density at radius 2 is 1.95 bits per heavy atom. The number of fused-ring (bicyclic) bond motifs is 1. The fraction of sp³-hybridized carbons (Fsp3) is 0.250. The van der Waals surface area contributed by atoms with Crippen LogP contribution in [0.5, 0.6) is 5.75 Å². The smallest absolute Gasteiger partial charge is 0.122 e. The predicted octanol–water partition coefficient (Wildman–Crippen LogP) is 4.69. The maximum Gasteiger partial charge on any atom is 0.122 e. The monoisotopic (exact) mass is 351 g/mol. The van der Waals surface area contributed by atoms with Crippen LogP contribution in [0.4, 0.5) is 5.69 Å². The molecule has 4 heteroatoms. The summed E-state index contributed by atoms with van der Waals surface area (Å²) in [6.45, 7) is 0. The summed E-state index contributed by atoms with van der Waals surface area (Å²) >= 11 is 9.55. The van der Waals surface area contributed by atoms with Crippen LogP contribution in [0.1, 0.15) is 11.1 Å². The van der Waals surface area contributed by atoms with Crippen molar-refractivity contribution in [1.82, 2.24) is 0 Å². The van der Waals surface area contributed by atoms with Gasteiger partial charge < -0.3 is 10.1 Å². The van der Waals surface area contributed by atoms with Crippen LogP contribution in [-0.2, 0) is 12.8 Å². The zero-order chi connectivity index (χ0) is 14.1. The molecule has 0 heterocycles. The van der Waals surface area contributed by atoms with Crippen LogP contribution in [-0.4, -0.2) is 13.2 Å². The lowest BCUT2D eigenvalue weighted by Gasteiger charge is -2.15. The van der Waals surface area contributed by atoms with Crippen molar-refractivity contribution in [3.63, 3.8) is 0 Å². The van der Waals surface area contributed by atoms with E-state index < -0.39 is 0 Å². The van der Waals surface area contributed by atoms with E-state index in [1.165, 1.54) is 11.1 Å². The number of anilines is 1. The molecule has 0 radical (unpaired) electrons. The quantitative estimate of drug-likeness (QED) is 0.865. The van der Waals surface area contributed by atoms with Gasteiger partial charge in [-0.2, -0.15) is 0 Å². The van der Waals surface area contributed by atoms with E-state index in [9.17, 15) is 0 Å². The van der Waals surface area contributed by atoms with Gasteiger partial charge in [0.15, 0.2) is 0 Å². The Kier molecular flexibility index (Phi) is 3.90. The molecule has 0 bridgehead atoms. The number of halogens is 2. The van der Waals surface area contributed by atoms with E-state index in [-0.39, 0.29) is 0 Å². The Morgan fingerprint density at radius 3 is 2.75 bits per heavy atom. The molecule has 1 aliphatic carbocycles. The largest absolute Gasteiger partial charge is 0.497 e. The highest BCUT2D eigenvalue weighted by molar-refractivity contribution is 9.10. The zero-order valence-corrected chi connectivity index (χ0v) is 13.5. The summed E-state index contributed by atoms with van der Waals surface area (Å²) in [6.07, 6.45) is 2.03. The van der Waals surface area contributed by atoms with E-state index in [1.54, 1.807) is 7.11 Å². The summed E-state index contributed by atoms with van der Waals surface area (Å²) in [4.78, 5) is 0. The predicted molar refractivity (Wildman–Crippen MR) is 87.0 cm³/mol. The Balaban J connectivity index is 1.76. The molecule has 2 aromatic carbocycles. The number of methoxy groups -OCH3 is 1. The van der Waals surface area contributed by atoms with Gasteiger partial charge in [0.05, 0.1) is 7.11 Å². The van der Waals surface area contributed by atoms with Crippen molar-refractivity contribution >= 4 is 33.2 Å². The lowest BCUT2D eigenvalue weighted by Crippen LogP contribution is -2.19. The van der Waals surface area contributed by atoms with E-state index in [2.05, 4.69) is 39.4 Å². The highest BCUT2D eigenvalue weighted by Crippen LogP contribution is 2.29. The second-order valence-electron chi connectivity index (χ2n) is 5.04. The van der Waals surface area contributed by atoms with Gasteiger partial charge in [-0.1, -0.05) is 33.6 Å². The molecule has 0 fully saturated rings. The molecule has 1 aliphatic rings. The Morgan fingerprint density at radius 1 is 1.15 bits per heavy atom. The van der Waals surface area contributed by atoms with Crippen molar-refractivity contribution in [1.29, 1.82) is 0 Å². The first kappa shape index (κ1) is 13.8. The van der Waals surface area contributed by atoms with Gasteiger partial charge in [0.25, 0.3) is 0 Å². The van der Waals surface area contributed by atoms with E-state index in [4.69, 9.17) is 16.3 Å². The molecule has 0 aromatic heterocycles. The lowest BCUT2D eigenvalue weighted by molar-refractivity contribution is 0.414. The summed E-state index contributed by atoms with van der Waals surface area (Å²) in [5.41, 5.74) is 3.80. The van der Waals surface area contributed by atoms with Gasteiger partial charge in [0.1, 0.15) is 5.75 Å². The van der Waals surface area contributed by atoms with Crippen LogP contribution < -0.4 is 10.1 Å². The van der Waals surface area contributed by atoms with Gasteiger partial charge in [-0.15, -0.1) is 0 Å². The first-order valence-electron chi connectivity index (χ1n) is 6.52. The molecule has 2 nitrogen and oxygen atoms in total. The zero-order valence-electron chi connectivity index (χ0n) is 11.1. The standard InChI is InChI=1S/C16H15BrClNO/c1-20-16-8-12(17)7-15(9-16)19-14-5-10-2-3-13(18)4-11(10)6-14/h2-4,7-9,14,19H,5-6H2,1H3. The summed E-state index contributed by atoms with van der Waals surface area (Å²) < 4.78 is 6.30. The minimum Gasteiger partial charge on any atom is -0.497 e. The van der Waals surface area contributed by atoms with Crippen LogP contribution in [0.2, 0.25) is 5.02 Å². The van der Waals surface area contributed by atoms with Gasteiger partial charge >= 0.3 is 0 Å². The summed E-state index contributed by atoms with van der Waals surface area (Å²) in [7, 11) is 1.68. The first-order chi connectivity index (χ1) is 9.64. The maximum atomic E-state index is 6.05. The minimum absolute atomic E-state index is 0.405. The normalized spacial score (nSPS) is 16.9. The molecule has 104 valence electrons. The number of hydrogen-bond donors (Lipinski definition) is 1. The van der Waals surface area contributed by atoms with Crippen LogP contribution >= 0.6 is 27.5 Å². The van der Waals surface area contributed by atoms with Gasteiger partial charge in [-0.25, -0.2) is 0 Å². The maximum absolute atomic E-state index is 6.05. The van der Waals surface area contributed by atoms with Crippen molar-refractivity contribution in [2.45, 2.75) is 18.9 Å². The topological polar surface area (TPSA) is 21.3 Å². The lowest BCUT2D eigenvalue weighted by atomic mass is 10.1. The van der Waals surface area contributed by atoms with Gasteiger partial charge in [-0.3, -0.25) is 0 Å². The van der Waals surface area contributed by atoms with Crippen LogP contribution in [0, 0.1) is 0 Å². The third-order valence-electron chi connectivity index (χ3n) is 3.58. The second kappa shape index (κ2) is 5.66. The Hall–Kier alpha value is -1.19. The molecule has 0 amide bonds. The number of rotatable bonds is 3. The van der Waals surface area contributed by atoms with Gasteiger partial charge in [0, 0.05) is 27.3 Å². The molecule has 0 saturated carbocycles. The summed E-state index contributed by atoms with van der Waals surface area (Å²) in [5.74, 6) is 0.848. The number of hydrogen-bond acceptors (Lipinski definition) is 2. The highest BCUT2D eigenvalue weighted by Gasteiger charge is 2.21. The van der Waals surface area contributed by atoms with E-state index >= 15 is 0 Å². The summed E-state index contributed by atoms with van der Waals surface area (Å²) in [6, 6.07) is 12.6. The molecule has 1 atom stereocenters. The molecule has 0 saturated heterocycles. The molecular formula is C16H15BrClNO. The van der Waals surface area contributed by atoms with Crippen LogP contribution in [0.3, 0.4) is 0 Å². The summed E-state index contributed by atoms with van der Waals surface area (Å²) in [5, 5.41) is 4.38. The van der Waals surface area contributed by atoms with Crippen LogP contribution in [0.15, 0.2) is 40.9 Å². The average molecular weight is 353 g/mol. The molecule has 2 aromatic rings. The molecular weight excluding hydrogens is 338 g/mol. The fourth-order valence-corrected chi connectivity index (χ4v) is 3.36. The highest BCUT2D eigenvalue weighted by atomic mass is 79.9. The third-order valence-corrected chi connectivity index (χ3v) is 4.27. The van der Waals surface area contributed by atoms with Crippen molar-refractivity contribution in [2.24, 2.45) is 0 Å². The van der Waals surface area contributed by atoms with Crippen LogP contribution in [0.25, 0.3) is 0 Å². The minimum atomic E-state index is 0.405. The molecule has 1 N–H and O–H groups in total. The molecule has 3 rings (SSSR count). The number of ether oxygens (including phenoxy) is 1. The Bertz CT molecular complexity index is 644. The van der Waals surface area contributed by atoms with E-state index in [0.717, 1.165) is 33.8 Å². The number of nitrogens with one attached hydrogen (secondary N) is 1. The van der Waals surface area contributed by atoms with E-state index in [1.807, 2.05) is 18.2 Å². The average Bonchev–Trinajstić information content (AvgIpc) is 2.79. The SMILES string of the molecule is COc1cc(Br)cc(NC2Cc3ccc(Cl)cc3C2)c1. The van der Waals surface area contributed by atoms with Gasteiger partial charge in [-0.05, 0) is 48.2 Å². The van der Waals surface area contributed by atoms with Crippen molar-refractivity contribution in [2.75, 3.05) is 12.4 Å². The molecule has 1 unspecified atom stereocenters.